The molecule has 5 heteroatoms. The Morgan fingerprint density at radius 3 is 1.06 bits per heavy atom. The summed E-state index contributed by atoms with van der Waals surface area (Å²) in [5.41, 5.74) is 0. The van der Waals surface area contributed by atoms with E-state index in [1.807, 2.05) is 0 Å². The molecule has 3 nitrogen and oxygen atoms in total. The van der Waals surface area contributed by atoms with E-state index in [0.717, 1.165) is 0 Å². The van der Waals surface area contributed by atoms with Crippen molar-refractivity contribution >= 4 is 14.0 Å². The van der Waals surface area contributed by atoms with Gasteiger partial charge in [0.05, 0.1) is 0 Å². The Balaban J connectivity index is -0.0000000840. The van der Waals surface area contributed by atoms with Crippen molar-refractivity contribution in [1.29, 1.82) is 0 Å². The van der Waals surface area contributed by atoms with E-state index >= 15 is 0 Å². The summed E-state index contributed by atoms with van der Waals surface area (Å²) in [6.07, 6.45) is 0. The van der Waals surface area contributed by atoms with Gasteiger partial charge in [-0.2, -0.15) is 59.6 Å². The molecular weight excluding hydrogens is 405 g/mol. The van der Waals surface area contributed by atoms with Crippen LogP contribution in [0.5, 0.6) is 0 Å². The van der Waals surface area contributed by atoms with Gasteiger partial charge in [0.25, 0.3) is 0 Å². The summed E-state index contributed by atoms with van der Waals surface area (Å²) in [7, 11) is 10.0. The van der Waals surface area contributed by atoms with E-state index in [0.29, 0.717) is 0 Å². The van der Waals surface area contributed by atoms with Crippen LogP contribution in [0.1, 0.15) is 0 Å². The van der Waals surface area contributed by atoms with Gasteiger partial charge in [-0.25, -0.2) is 12.1 Å². The molecule has 0 saturated carbocycles. The average Bonchev–Trinajstić information content (AvgIpc) is 2.73. The molecule has 18 heavy (non-hydrogen) atoms. The Kier molecular flexibility index (Phi) is 38.7. The Morgan fingerprint density at radius 2 is 0.944 bits per heavy atom. The summed E-state index contributed by atoms with van der Waals surface area (Å²) >= 11 is 0. The molecule has 0 aliphatic heterocycles. The van der Waals surface area contributed by atoms with Gasteiger partial charge in [-0.15, -0.1) is 0 Å². The smallest absolute Gasteiger partial charge is 0.668 e. The molecule has 0 aromatic heterocycles. The molecular formula is C13H29HfN3Si. The second kappa shape index (κ2) is 26.0. The Bertz CT molecular complexity index is 187. The number of nitrogens with zero attached hydrogens (tertiary/aromatic N) is 3. The van der Waals surface area contributed by atoms with Crippen molar-refractivity contribution in [3.8, 4) is 0 Å². The predicted octanol–water partition coefficient (Wildman–Crippen LogP) is 2.96. The van der Waals surface area contributed by atoms with E-state index in [4.69, 9.17) is 0 Å². The third-order valence-corrected chi connectivity index (χ3v) is 3.07. The molecule has 1 rings (SSSR count). The van der Waals surface area contributed by atoms with Crippen LogP contribution in [0.3, 0.4) is 0 Å². The predicted molar refractivity (Wildman–Crippen MR) is 86.2 cm³/mol. The van der Waals surface area contributed by atoms with Gasteiger partial charge in [-0.3, -0.25) is 0 Å². The molecule has 0 amide bonds. The van der Waals surface area contributed by atoms with Gasteiger partial charge in [0.2, 0.25) is 0 Å². The molecule has 1 aromatic rings. The zero-order valence-electron chi connectivity index (χ0n) is 13.2. The zero-order valence-corrected chi connectivity index (χ0v) is 18.0. The van der Waals surface area contributed by atoms with Crippen molar-refractivity contribution in [3.63, 3.8) is 0 Å². The fraction of sp³-hybridized carbons (Fsp3) is 0.615. The van der Waals surface area contributed by atoms with E-state index in [1.54, 1.807) is 47.5 Å². The molecule has 1 aromatic carbocycles. The first kappa shape index (κ1) is 26.8. The van der Waals surface area contributed by atoms with E-state index in [1.165, 1.54) is 0 Å². The Labute approximate surface area is 135 Å². The fourth-order valence-electron chi connectivity index (χ4n) is 0.774. The van der Waals surface area contributed by atoms with E-state index < -0.39 is 8.80 Å². The number of hydrogen-bond acceptors (Lipinski definition) is 0. The van der Waals surface area contributed by atoms with Crippen LogP contribution in [0.25, 0.3) is 16.0 Å². The van der Waals surface area contributed by atoms with Gasteiger partial charge in [0.1, 0.15) is 0 Å². The number of hydrogen-bond donors (Lipinski definition) is 0. The minimum Gasteiger partial charge on any atom is -0.668 e. The van der Waals surface area contributed by atoms with Gasteiger partial charge in [-0.1, -0.05) is 13.1 Å². The van der Waals surface area contributed by atoms with Crippen molar-refractivity contribution in [1.82, 2.24) is 0 Å². The van der Waals surface area contributed by atoms with Crippen molar-refractivity contribution in [2.75, 3.05) is 42.3 Å². The topological polar surface area (TPSA) is 42.3 Å². The average molecular weight is 434 g/mol. The Hall–Kier alpha value is 0.317. The molecule has 0 atom stereocenters. The maximum Gasteiger partial charge on any atom is 4.00 e. The van der Waals surface area contributed by atoms with Crippen LogP contribution < -0.4 is 5.19 Å². The largest absolute Gasteiger partial charge is 4.00 e. The van der Waals surface area contributed by atoms with Crippen molar-refractivity contribution in [2.24, 2.45) is 0 Å². The van der Waals surface area contributed by atoms with E-state index in [9.17, 15) is 0 Å². The van der Waals surface area contributed by atoms with Crippen molar-refractivity contribution in [2.45, 2.75) is 13.1 Å². The molecule has 0 heterocycles. The summed E-state index contributed by atoms with van der Waals surface area (Å²) in [4.78, 5) is 0. The molecule has 0 N–H and O–H groups in total. The standard InChI is InChI=1S/C7H11Si.3C2H6N.Hf/c1-8(2)7-5-3-4-6-7;3*1-3-2;/h3-6,8H,1-2H3;3*1-2H3;/q4*-1;+4. The summed E-state index contributed by atoms with van der Waals surface area (Å²) in [5.74, 6) is 0. The summed E-state index contributed by atoms with van der Waals surface area (Å²) in [5, 5.41) is 12.1. The normalized spacial score (nSPS) is 7.61. The summed E-state index contributed by atoms with van der Waals surface area (Å²) in [6.45, 7) is 4.69. The maximum absolute atomic E-state index is 3.50. The van der Waals surface area contributed by atoms with Crippen molar-refractivity contribution in [3.05, 3.63) is 40.2 Å². The van der Waals surface area contributed by atoms with Gasteiger partial charge in [0, 0.05) is 8.80 Å². The van der Waals surface area contributed by atoms with Crippen LogP contribution in [-0.2, 0) is 25.8 Å². The SMILES string of the molecule is C[N-]C.C[N-]C.C[N-]C.C[SiH](C)[c-]1cccc1.[Hf+4]. The molecule has 0 bridgehead atoms. The Morgan fingerprint density at radius 1 is 0.722 bits per heavy atom. The molecule has 0 aliphatic rings. The summed E-state index contributed by atoms with van der Waals surface area (Å²) in [6, 6.07) is 8.67. The van der Waals surface area contributed by atoms with Crippen LogP contribution in [-0.4, -0.2) is 51.1 Å². The van der Waals surface area contributed by atoms with E-state index in [-0.39, 0.29) is 25.8 Å². The maximum atomic E-state index is 3.50. The van der Waals surface area contributed by atoms with Crippen LogP contribution in [0.15, 0.2) is 24.3 Å². The summed E-state index contributed by atoms with van der Waals surface area (Å²) < 4.78 is 0. The van der Waals surface area contributed by atoms with Gasteiger partial charge < -0.3 is 16.0 Å². The first-order valence-electron chi connectivity index (χ1n) is 5.70. The molecule has 0 unspecified atom stereocenters. The van der Waals surface area contributed by atoms with Gasteiger partial charge in [-0.05, 0) is 0 Å². The third kappa shape index (κ3) is 29.9. The zero-order chi connectivity index (χ0) is 14.1. The molecule has 0 radical (unpaired) electrons. The molecule has 0 fully saturated rings. The molecule has 0 spiro atoms. The first-order chi connectivity index (χ1) is 8.05. The third-order valence-electron chi connectivity index (χ3n) is 1.36. The minimum absolute atomic E-state index is 0. The monoisotopic (exact) mass is 435 g/mol. The van der Waals surface area contributed by atoms with Gasteiger partial charge in [0.15, 0.2) is 0 Å². The van der Waals surface area contributed by atoms with E-state index in [2.05, 4.69) is 53.3 Å². The van der Waals surface area contributed by atoms with Gasteiger partial charge >= 0.3 is 25.8 Å². The van der Waals surface area contributed by atoms with Crippen LogP contribution >= 0.6 is 0 Å². The van der Waals surface area contributed by atoms with Crippen LogP contribution in [0, 0.1) is 0 Å². The fourth-order valence-corrected chi connectivity index (χ4v) is 1.77. The van der Waals surface area contributed by atoms with Crippen molar-refractivity contribution < 1.29 is 25.8 Å². The molecule has 0 saturated heterocycles. The number of rotatable bonds is 1. The second-order valence-corrected chi connectivity index (χ2v) is 6.69. The quantitative estimate of drug-likeness (QED) is 0.483. The first-order valence-corrected chi connectivity index (χ1v) is 8.59. The van der Waals surface area contributed by atoms with Crippen LogP contribution in [0.2, 0.25) is 13.1 Å². The second-order valence-electron chi connectivity index (χ2n) is 3.71. The van der Waals surface area contributed by atoms with Crippen LogP contribution in [0.4, 0.5) is 0 Å². The molecule has 0 aliphatic carbocycles. The molecule has 104 valence electrons. The minimum atomic E-state index is -0.480.